The highest BCUT2D eigenvalue weighted by atomic mass is 79.9. The number of methoxy groups -OCH3 is 2. The van der Waals surface area contributed by atoms with Crippen molar-refractivity contribution in [1.82, 2.24) is 4.98 Å². The van der Waals surface area contributed by atoms with E-state index >= 15 is 0 Å². The zero-order chi connectivity index (χ0) is 27.1. The molecule has 0 bridgehead atoms. The van der Waals surface area contributed by atoms with Crippen molar-refractivity contribution < 1.29 is 9.47 Å². The maximum absolute atomic E-state index is 5.38. The molecule has 3 aromatic carbocycles. The number of hydrogen-bond acceptors (Lipinski definition) is 6. The highest BCUT2D eigenvalue weighted by Crippen LogP contribution is 2.41. The Morgan fingerprint density at radius 1 is 0.974 bits per heavy atom. The molecule has 5 rings (SSSR count). The number of hydrogen-bond donors (Lipinski definition) is 3. The summed E-state index contributed by atoms with van der Waals surface area (Å²) in [5.41, 5.74) is 9.73. The SMILES string of the molecule is COc1cc(NC(N)=S)ccc1Br.COc1cc(Nc2nc3c(s2)CCCC3c2ccccc2)ccc1Br. The Bertz CT molecular complexity index is 1400. The number of nitrogens with zero attached hydrogens (tertiary/aromatic N) is 1. The normalized spacial score (nSPS) is 13.9. The molecule has 1 aliphatic rings. The number of fused-ring (bicyclic) bond motifs is 1. The molecule has 0 amide bonds. The Morgan fingerprint density at radius 3 is 2.24 bits per heavy atom. The van der Waals surface area contributed by atoms with Gasteiger partial charge >= 0.3 is 0 Å². The summed E-state index contributed by atoms with van der Waals surface area (Å²) in [7, 11) is 3.28. The van der Waals surface area contributed by atoms with E-state index in [9.17, 15) is 0 Å². The molecule has 0 saturated carbocycles. The minimum Gasteiger partial charge on any atom is -0.495 e. The van der Waals surface area contributed by atoms with E-state index in [1.54, 1.807) is 25.6 Å². The Morgan fingerprint density at radius 2 is 1.61 bits per heavy atom. The predicted octanol–water partition coefficient (Wildman–Crippen LogP) is 8.24. The highest BCUT2D eigenvalue weighted by Gasteiger charge is 2.26. The number of aromatic nitrogens is 1. The first kappa shape index (κ1) is 28.4. The van der Waals surface area contributed by atoms with Crippen LogP contribution < -0.4 is 25.8 Å². The molecule has 1 aliphatic carbocycles. The fourth-order valence-electron chi connectivity index (χ4n) is 4.22. The number of thiocarbonyl (C=S) groups is 1. The van der Waals surface area contributed by atoms with E-state index in [1.807, 2.05) is 36.4 Å². The van der Waals surface area contributed by atoms with Gasteiger partial charge in [-0.15, -0.1) is 11.3 Å². The molecular weight excluding hydrogens is 648 g/mol. The molecule has 1 aromatic heterocycles. The van der Waals surface area contributed by atoms with Gasteiger partial charge in [-0.2, -0.15) is 0 Å². The predicted molar refractivity (Wildman–Crippen MR) is 168 cm³/mol. The minimum atomic E-state index is 0.240. The molecule has 198 valence electrons. The van der Waals surface area contributed by atoms with Gasteiger partial charge in [0.1, 0.15) is 11.5 Å². The Balaban J connectivity index is 0.000000219. The largest absolute Gasteiger partial charge is 0.495 e. The lowest BCUT2D eigenvalue weighted by atomic mass is 9.85. The zero-order valence-electron chi connectivity index (χ0n) is 21.0. The van der Waals surface area contributed by atoms with E-state index in [0.717, 1.165) is 43.4 Å². The van der Waals surface area contributed by atoms with Crippen LogP contribution in [0.15, 0.2) is 75.7 Å². The topological polar surface area (TPSA) is 81.4 Å². The number of thiazole rings is 1. The summed E-state index contributed by atoms with van der Waals surface area (Å²) in [6, 6.07) is 22.3. The number of anilines is 3. The van der Waals surface area contributed by atoms with Crippen molar-refractivity contribution in [3.8, 4) is 11.5 Å². The summed E-state index contributed by atoms with van der Waals surface area (Å²) in [4.78, 5) is 6.35. The maximum Gasteiger partial charge on any atom is 0.187 e. The number of nitrogens with one attached hydrogen (secondary N) is 2. The van der Waals surface area contributed by atoms with Gasteiger partial charge in [0.05, 0.1) is 28.9 Å². The first-order valence-electron chi connectivity index (χ1n) is 11.9. The monoisotopic (exact) mass is 674 g/mol. The van der Waals surface area contributed by atoms with Crippen molar-refractivity contribution >= 4 is 77.0 Å². The van der Waals surface area contributed by atoms with Crippen LogP contribution in [0, 0.1) is 0 Å². The summed E-state index contributed by atoms with van der Waals surface area (Å²) in [6.45, 7) is 0. The van der Waals surface area contributed by atoms with Gasteiger partial charge in [0, 0.05) is 34.3 Å². The molecule has 1 atom stereocenters. The lowest BCUT2D eigenvalue weighted by molar-refractivity contribution is 0.412. The summed E-state index contributed by atoms with van der Waals surface area (Å²) >= 11 is 13.3. The van der Waals surface area contributed by atoms with E-state index in [0.29, 0.717) is 5.92 Å². The third kappa shape index (κ3) is 7.25. The van der Waals surface area contributed by atoms with Gasteiger partial charge in [-0.1, -0.05) is 30.3 Å². The molecule has 0 saturated heterocycles. The van der Waals surface area contributed by atoms with Crippen LogP contribution in [0.4, 0.5) is 16.5 Å². The summed E-state index contributed by atoms with van der Waals surface area (Å²) < 4.78 is 12.3. The first-order valence-corrected chi connectivity index (χ1v) is 14.7. The molecule has 0 fully saturated rings. The lowest BCUT2D eigenvalue weighted by Gasteiger charge is -2.21. The number of aryl methyl sites for hydroxylation is 1. The number of ether oxygens (including phenoxy) is 2. The summed E-state index contributed by atoms with van der Waals surface area (Å²) in [5, 5.41) is 7.45. The number of nitrogens with two attached hydrogens (primary N) is 1. The number of benzene rings is 3. The lowest BCUT2D eigenvalue weighted by Crippen LogP contribution is -2.18. The van der Waals surface area contributed by atoms with Gasteiger partial charge in [0.15, 0.2) is 10.2 Å². The number of rotatable bonds is 6. The maximum atomic E-state index is 5.38. The quantitative estimate of drug-likeness (QED) is 0.178. The Kier molecular flexibility index (Phi) is 10.0. The molecule has 38 heavy (non-hydrogen) atoms. The summed E-state index contributed by atoms with van der Waals surface area (Å²) in [6.07, 6.45) is 3.52. The van der Waals surface area contributed by atoms with Crippen LogP contribution in [0.2, 0.25) is 0 Å². The van der Waals surface area contributed by atoms with E-state index in [4.69, 9.17) is 32.4 Å². The second kappa shape index (κ2) is 13.4. The van der Waals surface area contributed by atoms with Crippen LogP contribution in [0.5, 0.6) is 11.5 Å². The van der Waals surface area contributed by atoms with Crippen LogP contribution in [0.25, 0.3) is 0 Å². The Labute approximate surface area is 249 Å². The van der Waals surface area contributed by atoms with Crippen LogP contribution in [-0.2, 0) is 6.42 Å². The van der Waals surface area contributed by atoms with E-state index in [1.165, 1.54) is 29.0 Å². The minimum absolute atomic E-state index is 0.240. The van der Waals surface area contributed by atoms with Crippen LogP contribution in [0.3, 0.4) is 0 Å². The second-order valence-corrected chi connectivity index (χ2v) is 11.7. The first-order chi connectivity index (χ1) is 18.4. The molecule has 10 heteroatoms. The molecule has 4 aromatic rings. The Hall–Kier alpha value is -2.66. The molecular formula is C28H28Br2N4O2S2. The van der Waals surface area contributed by atoms with Gasteiger partial charge in [-0.25, -0.2) is 4.98 Å². The van der Waals surface area contributed by atoms with Gasteiger partial charge in [0.2, 0.25) is 0 Å². The van der Waals surface area contributed by atoms with Crippen LogP contribution >= 0.6 is 55.4 Å². The van der Waals surface area contributed by atoms with Crippen molar-refractivity contribution in [2.75, 3.05) is 24.9 Å². The van der Waals surface area contributed by atoms with Crippen LogP contribution in [-0.4, -0.2) is 24.3 Å². The van der Waals surface area contributed by atoms with E-state index < -0.39 is 0 Å². The van der Waals surface area contributed by atoms with Crippen LogP contribution in [0.1, 0.15) is 34.9 Å². The smallest absolute Gasteiger partial charge is 0.187 e. The highest BCUT2D eigenvalue weighted by molar-refractivity contribution is 9.10. The van der Waals surface area contributed by atoms with Gasteiger partial charge < -0.3 is 25.8 Å². The molecule has 6 nitrogen and oxygen atoms in total. The fraction of sp³-hybridized carbons (Fsp3) is 0.214. The van der Waals surface area contributed by atoms with Crippen molar-refractivity contribution in [2.24, 2.45) is 5.73 Å². The van der Waals surface area contributed by atoms with Crippen molar-refractivity contribution in [1.29, 1.82) is 0 Å². The molecule has 0 aliphatic heterocycles. The van der Waals surface area contributed by atoms with Gasteiger partial charge in [-0.05, 0) is 93.2 Å². The fourth-order valence-corrected chi connectivity index (χ4v) is 6.24. The average molecular weight is 677 g/mol. The molecule has 1 heterocycles. The zero-order valence-corrected chi connectivity index (χ0v) is 25.8. The van der Waals surface area contributed by atoms with Crippen molar-refractivity contribution in [3.63, 3.8) is 0 Å². The van der Waals surface area contributed by atoms with E-state index in [2.05, 4.69) is 72.8 Å². The average Bonchev–Trinajstić information content (AvgIpc) is 3.34. The third-order valence-electron chi connectivity index (χ3n) is 5.98. The molecule has 0 spiro atoms. The van der Waals surface area contributed by atoms with E-state index in [-0.39, 0.29) is 5.11 Å². The molecule has 1 unspecified atom stereocenters. The van der Waals surface area contributed by atoms with Crippen molar-refractivity contribution in [3.05, 3.63) is 91.8 Å². The third-order valence-corrected chi connectivity index (χ3v) is 8.44. The molecule has 4 N–H and O–H groups in total. The summed E-state index contributed by atoms with van der Waals surface area (Å²) in [5.74, 6) is 1.96. The van der Waals surface area contributed by atoms with Gasteiger partial charge in [0.25, 0.3) is 0 Å². The second-order valence-electron chi connectivity index (χ2n) is 8.50. The van der Waals surface area contributed by atoms with Crippen molar-refractivity contribution in [2.45, 2.75) is 25.2 Å². The molecule has 0 radical (unpaired) electrons. The van der Waals surface area contributed by atoms with Gasteiger partial charge in [-0.3, -0.25) is 0 Å². The standard InChI is InChI=1S/C20H19BrN2OS.C8H9BrN2OS/c1-24-17-12-14(10-11-16(17)21)22-20-23-19-15(8-5-9-18(19)25-20)13-6-3-2-4-7-13;1-12-7-4-5(11-8(10)13)2-3-6(7)9/h2-4,6-7,10-12,15H,5,8-9H2,1H3,(H,22,23);2-4H,1H3,(H3,10,11,13). The number of halogens is 2.